The summed E-state index contributed by atoms with van der Waals surface area (Å²) in [4.78, 5) is 37.6. The number of carbonyl (C=O) groups is 1. The third-order valence-corrected chi connectivity index (χ3v) is 5.56. The topological polar surface area (TPSA) is 118 Å². The monoisotopic (exact) mass is 450 g/mol. The van der Waals surface area contributed by atoms with Gasteiger partial charge in [0.1, 0.15) is 29.0 Å². The molecule has 0 bridgehead atoms. The first-order valence-corrected chi connectivity index (χ1v) is 10.9. The van der Waals surface area contributed by atoms with Crippen molar-refractivity contribution in [2.24, 2.45) is 0 Å². The largest absolute Gasteiger partial charge is 0.507 e. The molecule has 2 aromatic carbocycles. The van der Waals surface area contributed by atoms with Crippen LogP contribution in [0.25, 0.3) is 21.9 Å². The van der Waals surface area contributed by atoms with Crippen molar-refractivity contribution < 1.29 is 23.8 Å². The van der Waals surface area contributed by atoms with Crippen LogP contribution >= 0.6 is 0 Å². The molecule has 0 radical (unpaired) electrons. The van der Waals surface area contributed by atoms with Gasteiger partial charge >= 0.3 is 11.3 Å². The Balaban J connectivity index is 0.00000149. The van der Waals surface area contributed by atoms with Gasteiger partial charge in [-0.1, -0.05) is 52.0 Å². The molecule has 0 atom stereocenters. The molecule has 0 unspecified atom stereocenters. The van der Waals surface area contributed by atoms with Gasteiger partial charge < -0.3 is 23.8 Å². The lowest BCUT2D eigenvalue weighted by Crippen LogP contribution is -2.21. The highest BCUT2D eigenvalue weighted by Crippen LogP contribution is 2.38. The van der Waals surface area contributed by atoms with Crippen molar-refractivity contribution in [3.05, 3.63) is 79.5 Å². The van der Waals surface area contributed by atoms with E-state index in [0.29, 0.717) is 30.3 Å². The molecule has 2 N–H and O–H groups in total. The van der Waals surface area contributed by atoms with E-state index in [4.69, 9.17) is 8.83 Å². The van der Waals surface area contributed by atoms with Crippen LogP contribution in [-0.4, -0.2) is 16.5 Å². The van der Waals surface area contributed by atoms with Crippen LogP contribution in [0, 0.1) is 0 Å². The van der Waals surface area contributed by atoms with Crippen molar-refractivity contribution in [3.63, 3.8) is 0 Å². The van der Waals surface area contributed by atoms with Crippen LogP contribution in [0.2, 0.25) is 0 Å². The number of rotatable bonds is 5. The highest BCUT2D eigenvalue weighted by Gasteiger charge is 2.31. The van der Waals surface area contributed by atoms with Gasteiger partial charge in [0, 0.05) is 0 Å². The minimum Gasteiger partial charge on any atom is -0.507 e. The first-order valence-electron chi connectivity index (χ1n) is 10.9. The zero-order valence-electron chi connectivity index (χ0n) is 19.0. The Morgan fingerprint density at radius 1 is 0.788 bits per heavy atom. The van der Waals surface area contributed by atoms with E-state index in [1.165, 1.54) is 0 Å². The first kappa shape index (κ1) is 23.8. The van der Waals surface area contributed by atoms with Crippen LogP contribution in [0.4, 0.5) is 0 Å². The Morgan fingerprint density at radius 3 is 1.52 bits per heavy atom. The van der Waals surface area contributed by atoms with Crippen molar-refractivity contribution in [1.29, 1.82) is 0 Å². The first-order chi connectivity index (χ1) is 15.9. The van der Waals surface area contributed by atoms with E-state index in [2.05, 4.69) is 0 Å². The van der Waals surface area contributed by atoms with Gasteiger partial charge in [-0.25, -0.2) is 9.59 Å². The molecule has 0 saturated heterocycles. The average molecular weight is 450 g/mol. The molecule has 7 nitrogen and oxygen atoms in total. The van der Waals surface area contributed by atoms with Gasteiger partial charge in [-0.2, -0.15) is 0 Å². The number of aldehydes is 1. The van der Waals surface area contributed by atoms with E-state index in [1.54, 1.807) is 36.4 Å². The molecule has 0 aliphatic carbocycles. The SMILES string of the molecule is CC.CCc1cccc2c(O)c(C(C=O)c3c(O)c4cccc(CC)c4oc3=O)c(=O)oc12. The Morgan fingerprint density at radius 2 is 1.18 bits per heavy atom. The van der Waals surface area contributed by atoms with Crippen molar-refractivity contribution >= 4 is 28.2 Å². The summed E-state index contributed by atoms with van der Waals surface area (Å²) in [5.41, 5.74) is -0.952. The summed E-state index contributed by atoms with van der Waals surface area (Å²) in [7, 11) is 0. The number of carbonyl (C=O) groups excluding carboxylic acids is 1. The summed E-state index contributed by atoms with van der Waals surface area (Å²) >= 11 is 0. The summed E-state index contributed by atoms with van der Waals surface area (Å²) in [6.45, 7) is 7.74. The van der Waals surface area contributed by atoms with E-state index >= 15 is 0 Å². The average Bonchev–Trinajstić information content (AvgIpc) is 2.83. The van der Waals surface area contributed by atoms with Crippen LogP contribution in [-0.2, 0) is 17.6 Å². The van der Waals surface area contributed by atoms with Gasteiger partial charge in [0.15, 0.2) is 0 Å². The third-order valence-electron chi connectivity index (χ3n) is 5.56. The second-order valence-corrected chi connectivity index (χ2v) is 7.21. The lowest BCUT2D eigenvalue weighted by molar-refractivity contribution is -0.108. The Labute approximate surface area is 189 Å². The van der Waals surface area contributed by atoms with E-state index in [0.717, 1.165) is 0 Å². The fraction of sp³-hybridized carbons (Fsp3) is 0.269. The predicted molar refractivity (Wildman–Crippen MR) is 126 cm³/mol. The summed E-state index contributed by atoms with van der Waals surface area (Å²) in [5, 5.41) is 22.2. The van der Waals surface area contributed by atoms with E-state index in [1.807, 2.05) is 27.7 Å². The minimum absolute atomic E-state index is 0.211. The van der Waals surface area contributed by atoms with Crippen LogP contribution in [0.5, 0.6) is 11.5 Å². The number of aryl methyl sites for hydroxylation is 2. The molecule has 0 aliphatic rings. The number of hydrogen-bond acceptors (Lipinski definition) is 7. The molecule has 0 saturated carbocycles. The fourth-order valence-electron chi connectivity index (χ4n) is 3.95. The van der Waals surface area contributed by atoms with Gasteiger partial charge in [-0.05, 0) is 36.1 Å². The van der Waals surface area contributed by atoms with Gasteiger partial charge in [-0.15, -0.1) is 0 Å². The lowest BCUT2D eigenvalue weighted by Gasteiger charge is -2.15. The quantitative estimate of drug-likeness (QED) is 0.331. The fourth-order valence-corrected chi connectivity index (χ4v) is 3.95. The highest BCUT2D eigenvalue weighted by molar-refractivity contribution is 5.91. The maximum atomic E-state index is 12.8. The molecular weight excluding hydrogens is 424 g/mol. The molecule has 4 aromatic rings. The van der Waals surface area contributed by atoms with Crippen molar-refractivity contribution in [1.82, 2.24) is 0 Å². The Bertz CT molecular complexity index is 1340. The normalized spacial score (nSPS) is 10.9. The second kappa shape index (κ2) is 9.73. The predicted octanol–water partition coefficient (Wildman–Crippen LogP) is 4.79. The number of benzene rings is 2. The Kier molecular flexibility index (Phi) is 7.01. The highest BCUT2D eigenvalue weighted by atomic mass is 16.4. The second-order valence-electron chi connectivity index (χ2n) is 7.21. The zero-order chi connectivity index (χ0) is 24.3. The summed E-state index contributed by atoms with van der Waals surface area (Å²) in [5.74, 6) is -2.52. The van der Waals surface area contributed by atoms with Crippen LogP contribution in [0.3, 0.4) is 0 Å². The summed E-state index contributed by atoms with van der Waals surface area (Å²) in [6, 6.07) is 10.00. The lowest BCUT2D eigenvalue weighted by atomic mass is 9.91. The molecule has 0 aliphatic heterocycles. The molecule has 0 spiro atoms. The molecule has 7 heteroatoms. The smallest absolute Gasteiger partial charge is 0.344 e. The van der Waals surface area contributed by atoms with E-state index < -0.39 is 39.8 Å². The van der Waals surface area contributed by atoms with Crippen molar-refractivity contribution in [3.8, 4) is 11.5 Å². The zero-order valence-corrected chi connectivity index (χ0v) is 19.0. The third kappa shape index (κ3) is 3.91. The molecular formula is C26H26O7. The maximum absolute atomic E-state index is 12.8. The molecule has 0 amide bonds. The molecule has 2 aromatic heterocycles. The number of hydrogen-bond donors (Lipinski definition) is 2. The van der Waals surface area contributed by atoms with Gasteiger partial charge in [-0.3, -0.25) is 0 Å². The number of para-hydroxylation sites is 2. The molecule has 0 fully saturated rings. The van der Waals surface area contributed by atoms with E-state index in [-0.39, 0.29) is 21.9 Å². The number of aromatic hydroxyl groups is 2. The van der Waals surface area contributed by atoms with Crippen LogP contribution in [0.15, 0.2) is 54.8 Å². The summed E-state index contributed by atoms with van der Waals surface area (Å²) in [6.07, 6.45) is 1.43. The van der Waals surface area contributed by atoms with Crippen molar-refractivity contribution in [2.75, 3.05) is 0 Å². The van der Waals surface area contributed by atoms with Gasteiger partial charge in [0.05, 0.1) is 27.8 Å². The molecule has 172 valence electrons. The maximum Gasteiger partial charge on any atom is 0.344 e. The minimum atomic E-state index is -1.57. The van der Waals surface area contributed by atoms with Crippen LogP contribution < -0.4 is 11.3 Å². The van der Waals surface area contributed by atoms with Crippen molar-refractivity contribution in [2.45, 2.75) is 46.5 Å². The molecule has 2 heterocycles. The molecule has 33 heavy (non-hydrogen) atoms. The van der Waals surface area contributed by atoms with Crippen LogP contribution in [0.1, 0.15) is 55.9 Å². The standard InChI is InChI=1S/C24H20O7.C2H6/c1-3-12-7-5-9-14-19(26)17(23(28)30-21(12)14)16(11-25)18-20(27)15-10-6-8-13(4-2)22(15)31-24(18)29;1-2/h5-11,16,26-27H,3-4H2,1-2H3;1-2H3. The van der Waals surface area contributed by atoms with E-state index in [9.17, 15) is 24.6 Å². The molecule has 4 rings (SSSR count). The number of fused-ring (bicyclic) bond motifs is 2. The van der Waals surface area contributed by atoms with Gasteiger partial charge in [0.25, 0.3) is 0 Å². The Hall–Kier alpha value is -3.87. The summed E-state index contributed by atoms with van der Waals surface area (Å²) < 4.78 is 10.8. The van der Waals surface area contributed by atoms with Gasteiger partial charge in [0.2, 0.25) is 0 Å².